The molecule has 0 aliphatic carbocycles. The van der Waals surface area contributed by atoms with Crippen LogP contribution in [0.5, 0.6) is 0 Å². The maximum atomic E-state index is 15.4. The summed E-state index contributed by atoms with van der Waals surface area (Å²) in [6.07, 6.45) is 1.90. The molecule has 2 aromatic heterocycles. The van der Waals surface area contributed by atoms with Gasteiger partial charge in [-0.3, -0.25) is 14.5 Å². The molecule has 5 N–H and O–H groups in total. The lowest BCUT2D eigenvalue weighted by atomic mass is 10.0. The smallest absolute Gasteiger partial charge is 0.352 e. The van der Waals surface area contributed by atoms with Crippen molar-refractivity contribution in [3.05, 3.63) is 52.6 Å². The molecule has 236 valence electrons. The fraction of sp³-hybridized carbons (Fsp3) is 0.357. The van der Waals surface area contributed by atoms with Crippen LogP contribution in [0.3, 0.4) is 0 Å². The number of benzene rings is 1. The summed E-state index contributed by atoms with van der Waals surface area (Å²) in [5, 5.41) is 21.7. The standard InChI is InChI=1S/C28H29FN8O5S3/c1-35-6-3-20(15-9-16(29)19(10-18(15)35)36-7-4-31-5-8-36)43-11-14-12-44-26-22(25(39)37(26)23(14)27(40)41)33-24(38)21(34-42-2)17-13-45-28(30)32-17/h3,6,9-10,13,22,26,31H,4-5,7-8,11-12H2,1-2H3,(H3-,30,32,33,38,40,41)/p+1/b34-21-/t22?,26-/m0/s1. The first kappa shape index (κ1) is 31.1. The average molecular weight is 674 g/mol. The monoisotopic (exact) mass is 673 g/mol. The number of hydrogen-bond acceptors (Lipinski definition) is 12. The number of anilines is 2. The summed E-state index contributed by atoms with van der Waals surface area (Å²) in [5.74, 6) is -2.17. The van der Waals surface area contributed by atoms with Crippen LogP contribution in [0.2, 0.25) is 0 Å². The third-order valence-electron chi connectivity index (χ3n) is 7.72. The number of aryl methyl sites for hydroxylation is 1. The maximum absolute atomic E-state index is 15.4. The Morgan fingerprint density at radius 3 is 2.82 bits per heavy atom. The van der Waals surface area contributed by atoms with Crippen molar-refractivity contribution in [2.75, 3.05) is 55.4 Å². The van der Waals surface area contributed by atoms with Crippen LogP contribution < -0.4 is 25.8 Å². The Hall–Kier alpha value is -3.93. The summed E-state index contributed by atoms with van der Waals surface area (Å²) < 4.78 is 17.3. The van der Waals surface area contributed by atoms with Gasteiger partial charge in [0.25, 0.3) is 11.8 Å². The van der Waals surface area contributed by atoms with Crippen molar-refractivity contribution in [1.29, 1.82) is 0 Å². The number of rotatable bonds is 9. The lowest BCUT2D eigenvalue weighted by molar-refractivity contribution is -0.645. The molecule has 45 heavy (non-hydrogen) atoms. The van der Waals surface area contributed by atoms with Crippen LogP contribution in [0.1, 0.15) is 5.69 Å². The number of oxime groups is 1. The number of nitrogen functional groups attached to an aromatic ring is 1. The Balaban J connectivity index is 1.20. The topological polar surface area (TPSA) is 166 Å². The van der Waals surface area contributed by atoms with Crippen LogP contribution in [-0.2, 0) is 26.3 Å². The largest absolute Gasteiger partial charge is 0.477 e. The molecule has 3 aliphatic heterocycles. The van der Waals surface area contributed by atoms with Crippen molar-refractivity contribution in [2.24, 2.45) is 12.2 Å². The molecule has 0 bridgehead atoms. The van der Waals surface area contributed by atoms with Crippen LogP contribution in [0.4, 0.5) is 15.2 Å². The van der Waals surface area contributed by atoms with Crippen molar-refractivity contribution < 1.29 is 33.3 Å². The van der Waals surface area contributed by atoms with Crippen molar-refractivity contribution in [1.82, 2.24) is 20.5 Å². The quantitative estimate of drug-likeness (QED) is 0.0846. The zero-order chi connectivity index (χ0) is 31.8. The van der Waals surface area contributed by atoms with Gasteiger partial charge in [0.15, 0.2) is 17.0 Å². The van der Waals surface area contributed by atoms with E-state index in [2.05, 4.69) is 20.8 Å². The van der Waals surface area contributed by atoms with Crippen molar-refractivity contribution in [3.8, 4) is 0 Å². The summed E-state index contributed by atoms with van der Waals surface area (Å²) in [6.45, 7) is 3.01. The van der Waals surface area contributed by atoms with Gasteiger partial charge in [-0.15, -0.1) is 34.9 Å². The second kappa shape index (κ2) is 12.8. The average Bonchev–Trinajstić information content (AvgIpc) is 3.47. The number of aliphatic carboxylic acids is 1. The number of fused-ring (bicyclic) bond motifs is 2. The molecular formula is C28H30FN8O5S3+. The summed E-state index contributed by atoms with van der Waals surface area (Å²) in [4.78, 5) is 51.6. The minimum Gasteiger partial charge on any atom is -0.477 e. The third kappa shape index (κ3) is 5.92. The normalized spacial score (nSPS) is 20.2. The highest BCUT2D eigenvalue weighted by Gasteiger charge is 2.54. The van der Waals surface area contributed by atoms with Crippen LogP contribution in [0.25, 0.3) is 10.9 Å². The van der Waals surface area contributed by atoms with E-state index in [1.165, 1.54) is 35.5 Å². The van der Waals surface area contributed by atoms with Gasteiger partial charge < -0.3 is 31.2 Å². The molecule has 1 unspecified atom stereocenters. The summed E-state index contributed by atoms with van der Waals surface area (Å²) in [7, 11) is 3.18. The Bertz CT molecular complexity index is 1760. The molecule has 6 rings (SSSR count). The Morgan fingerprint density at radius 1 is 1.36 bits per heavy atom. The van der Waals surface area contributed by atoms with E-state index < -0.39 is 29.2 Å². The molecule has 17 heteroatoms. The predicted molar refractivity (Wildman–Crippen MR) is 171 cm³/mol. The minimum atomic E-state index is -1.23. The van der Waals surface area contributed by atoms with E-state index in [1.54, 1.807) is 11.4 Å². The molecule has 1 aromatic carbocycles. The number of thiazole rings is 1. The molecule has 5 heterocycles. The molecule has 2 saturated heterocycles. The van der Waals surface area contributed by atoms with E-state index >= 15 is 4.39 Å². The Labute approximate surface area is 269 Å². The number of nitrogens with one attached hydrogen (secondary N) is 2. The Kier molecular flexibility index (Phi) is 8.85. The van der Waals surface area contributed by atoms with E-state index in [-0.39, 0.29) is 33.8 Å². The summed E-state index contributed by atoms with van der Waals surface area (Å²) in [6, 6.07) is 4.32. The zero-order valence-electron chi connectivity index (χ0n) is 24.3. The Morgan fingerprint density at radius 2 is 2.13 bits per heavy atom. The van der Waals surface area contributed by atoms with Gasteiger partial charge in [0.05, 0.1) is 11.1 Å². The van der Waals surface area contributed by atoms with E-state index in [0.717, 1.165) is 40.2 Å². The zero-order valence-corrected chi connectivity index (χ0v) is 26.7. The van der Waals surface area contributed by atoms with Gasteiger partial charge in [0, 0.05) is 60.1 Å². The molecule has 13 nitrogen and oxygen atoms in total. The first-order valence-corrected chi connectivity index (χ1v) is 16.8. The second-order valence-corrected chi connectivity index (χ2v) is 13.5. The molecule has 0 saturated carbocycles. The lowest BCUT2D eigenvalue weighted by Crippen LogP contribution is -2.71. The minimum absolute atomic E-state index is 0.0993. The SMILES string of the molecule is CO/N=C(\C(=O)NC1C(=O)N2C(C(=O)O)=C(CSc3cc[n+](C)c4cc(N5CCNCC5)c(F)cc34)CS[C@@H]12)c1csc(N)n1. The number of aromatic nitrogens is 2. The molecule has 2 atom stereocenters. The second-order valence-electron chi connectivity index (χ2n) is 10.4. The van der Waals surface area contributed by atoms with Gasteiger partial charge in [-0.25, -0.2) is 18.7 Å². The van der Waals surface area contributed by atoms with Gasteiger partial charge in [-0.05, 0) is 11.6 Å². The van der Waals surface area contributed by atoms with Gasteiger partial charge >= 0.3 is 5.97 Å². The maximum Gasteiger partial charge on any atom is 0.352 e. The van der Waals surface area contributed by atoms with Gasteiger partial charge in [-0.1, -0.05) is 5.16 Å². The number of β-lactam (4-membered cyclic amide) rings is 1. The van der Waals surface area contributed by atoms with E-state index in [1.807, 2.05) is 34.8 Å². The number of piperazine rings is 1. The number of carboxylic acids is 1. The molecular weight excluding hydrogens is 644 g/mol. The van der Waals surface area contributed by atoms with E-state index in [4.69, 9.17) is 10.6 Å². The van der Waals surface area contributed by atoms with E-state index in [0.29, 0.717) is 30.1 Å². The number of hydrogen-bond donors (Lipinski definition) is 4. The fourth-order valence-corrected chi connectivity index (χ4v) is 8.59. The fourth-order valence-electron chi connectivity index (χ4n) is 5.52. The lowest BCUT2D eigenvalue weighted by Gasteiger charge is -2.49. The summed E-state index contributed by atoms with van der Waals surface area (Å²) >= 11 is 3.87. The molecule has 3 aromatic rings. The van der Waals surface area contributed by atoms with E-state index in [9.17, 15) is 19.5 Å². The van der Waals surface area contributed by atoms with Crippen LogP contribution in [-0.4, -0.2) is 94.7 Å². The summed E-state index contributed by atoms with van der Waals surface area (Å²) in [5.41, 5.74) is 7.61. The number of carboxylic acid groups (broad SMARTS) is 1. The number of thioether (sulfide) groups is 2. The number of halogens is 1. The van der Waals surface area contributed by atoms with Crippen molar-refractivity contribution in [2.45, 2.75) is 16.3 Å². The highest BCUT2D eigenvalue weighted by molar-refractivity contribution is 8.01. The first-order valence-electron chi connectivity index (χ1n) is 13.9. The van der Waals surface area contributed by atoms with Crippen molar-refractivity contribution in [3.63, 3.8) is 0 Å². The number of carbonyl (C=O) groups excluding carboxylic acids is 2. The molecule has 3 aliphatic rings. The molecule has 0 spiro atoms. The van der Waals surface area contributed by atoms with Crippen molar-refractivity contribution >= 4 is 80.1 Å². The molecule has 2 amide bonds. The predicted octanol–water partition coefficient (Wildman–Crippen LogP) is 1.13. The number of pyridine rings is 1. The molecule has 2 fully saturated rings. The van der Waals surface area contributed by atoms with Crippen LogP contribution in [0.15, 0.2) is 51.1 Å². The number of amides is 2. The molecule has 0 radical (unpaired) electrons. The van der Waals surface area contributed by atoms with Gasteiger partial charge in [-0.2, -0.15) is 0 Å². The van der Waals surface area contributed by atoms with Crippen LogP contribution >= 0.6 is 34.9 Å². The van der Waals surface area contributed by atoms with Gasteiger partial charge in [0.1, 0.15) is 42.8 Å². The van der Waals surface area contributed by atoms with Crippen LogP contribution in [0, 0.1) is 5.82 Å². The van der Waals surface area contributed by atoms with Gasteiger partial charge in [0.2, 0.25) is 5.52 Å². The number of nitrogens with two attached hydrogens (primary N) is 1. The number of nitrogens with zero attached hydrogens (tertiary/aromatic N) is 5. The highest BCUT2D eigenvalue weighted by atomic mass is 32.2. The highest BCUT2D eigenvalue weighted by Crippen LogP contribution is 2.42. The first-order chi connectivity index (χ1) is 21.7. The number of carbonyl (C=O) groups is 3. The third-order valence-corrected chi connectivity index (χ3v) is 10.9.